The molecule has 2 fully saturated rings. The van der Waals surface area contributed by atoms with Crippen molar-refractivity contribution in [1.29, 1.82) is 0 Å². The first-order valence-corrected chi connectivity index (χ1v) is 6.87. The van der Waals surface area contributed by atoms with E-state index in [0.29, 0.717) is 0 Å². The van der Waals surface area contributed by atoms with Crippen LogP contribution < -0.4 is 5.32 Å². The second-order valence-corrected chi connectivity index (χ2v) is 5.18. The highest BCUT2D eigenvalue weighted by molar-refractivity contribution is 4.81. The van der Waals surface area contributed by atoms with E-state index in [-0.39, 0.29) is 0 Å². The second kappa shape index (κ2) is 5.86. The van der Waals surface area contributed by atoms with Crippen LogP contribution in [0.1, 0.15) is 51.9 Å². The van der Waals surface area contributed by atoms with Crippen molar-refractivity contribution in [2.75, 3.05) is 19.6 Å². The van der Waals surface area contributed by atoms with Crippen LogP contribution >= 0.6 is 0 Å². The summed E-state index contributed by atoms with van der Waals surface area (Å²) in [5.74, 6) is 0. The lowest BCUT2D eigenvalue weighted by Crippen LogP contribution is -2.30. The maximum Gasteiger partial charge on any atom is 0.00931 e. The van der Waals surface area contributed by atoms with Gasteiger partial charge in [0.1, 0.15) is 0 Å². The van der Waals surface area contributed by atoms with E-state index in [2.05, 4.69) is 17.1 Å². The normalized spacial score (nSPS) is 27.4. The number of hydrogen-bond donors (Lipinski definition) is 1. The van der Waals surface area contributed by atoms with Crippen molar-refractivity contribution in [3.8, 4) is 0 Å². The van der Waals surface area contributed by atoms with E-state index in [1.54, 1.807) is 0 Å². The molecule has 1 N–H and O–H groups in total. The molecule has 1 atom stereocenters. The van der Waals surface area contributed by atoms with E-state index in [4.69, 9.17) is 0 Å². The fourth-order valence-electron chi connectivity index (χ4n) is 2.69. The van der Waals surface area contributed by atoms with Crippen molar-refractivity contribution >= 4 is 0 Å². The predicted molar refractivity (Wildman–Crippen MR) is 65.1 cm³/mol. The minimum atomic E-state index is 0.889. The smallest absolute Gasteiger partial charge is 0.00931 e. The van der Waals surface area contributed by atoms with Gasteiger partial charge in [-0.3, -0.25) is 0 Å². The van der Waals surface area contributed by atoms with E-state index in [1.807, 2.05) is 0 Å². The summed E-state index contributed by atoms with van der Waals surface area (Å²) in [4.78, 5) is 2.71. The molecule has 2 nitrogen and oxygen atoms in total. The Kier molecular flexibility index (Phi) is 4.45. The van der Waals surface area contributed by atoms with Crippen LogP contribution in [0.15, 0.2) is 0 Å². The van der Waals surface area contributed by atoms with Crippen LogP contribution in [-0.4, -0.2) is 36.6 Å². The van der Waals surface area contributed by atoms with E-state index in [1.165, 1.54) is 64.6 Å². The molecule has 1 saturated carbocycles. The van der Waals surface area contributed by atoms with E-state index < -0.39 is 0 Å². The zero-order valence-corrected chi connectivity index (χ0v) is 10.2. The van der Waals surface area contributed by atoms with E-state index in [9.17, 15) is 0 Å². The van der Waals surface area contributed by atoms with Crippen LogP contribution in [0.5, 0.6) is 0 Å². The number of rotatable bonds is 7. The fourth-order valence-corrected chi connectivity index (χ4v) is 2.69. The van der Waals surface area contributed by atoms with Gasteiger partial charge in [0.2, 0.25) is 0 Å². The third-order valence-electron chi connectivity index (χ3n) is 3.85. The molecule has 2 rings (SSSR count). The lowest BCUT2D eigenvalue weighted by molar-refractivity contribution is 0.243. The van der Waals surface area contributed by atoms with Gasteiger partial charge in [-0.15, -0.1) is 0 Å². The molecule has 0 aromatic rings. The summed E-state index contributed by atoms with van der Waals surface area (Å²) in [6, 6.07) is 1.79. The second-order valence-electron chi connectivity index (χ2n) is 5.18. The molecular weight excluding hydrogens is 184 g/mol. The summed E-state index contributed by atoms with van der Waals surface area (Å²) < 4.78 is 0. The largest absolute Gasteiger partial charge is 0.314 e. The van der Waals surface area contributed by atoms with Crippen LogP contribution in [-0.2, 0) is 0 Å². The SMILES string of the molecule is CCC1CCCN1CCCCNC1CC1. The van der Waals surface area contributed by atoms with Crippen LogP contribution in [0.4, 0.5) is 0 Å². The Labute approximate surface area is 94.4 Å². The first-order valence-electron chi connectivity index (χ1n) is 6.87. The lowest BCUT2D eigenvalue weighted by atomic mass is 10.1. The number of unbranched alkanes of at least 4 members (excludes halogenated alkanes) is 1. The Balaban J connectivity index is 1.48. The molecule has 0 aromatic heterocycles. The van der Waals surface area contributed by atoms with Gasteiger partial charge in [-0.25, -0.2) is 0 Å². The Bertz CT molecular complexity index is 177. The van der Waals surface area contributed by atoms with Gasteiger partial charge in [0, 0.05) is 12.1 Å². The van der Waals surface area contributed by atoms with E-state index in [0.717, 1.165) is 12.1 Å². The first kappa shape index (κ1) is 11.4. The van der Waals surface area contributed by atoms with Gasteiger partial charge in [0.15, 0.2) is 0 Å². The first-order chi connectivity index (χ1) is 7.40. The molecule has 0 radical (unpaired) electrons. The topological polar surface area (TPSA) is 15.3 Å². The van der Waals surface area contributed by atoms with Crippen molar-refractivity contribution < 1.29 is 0 Å². The lowest BCUT2D eigenvalue weighted by Gasteiger charge is -2.23. The number of nitrogens with one attached hydrogen (secondary N) is 1. The molecule has 15 heavy (non-hydrogen) atoms. The quantitative estimate of drug-likeness (QED) is 0.649. The summed E-state index contributed by atoms with van der Waals surface area (Å²) >= 11 is 0. The third kappa shape index (κ3) is 3.76. The highest BCUT2D eigenvalue weighted by Crippen LogP contribution is 2.20. The van der Waals surface area contributed by atoms with Crippen LogP contribution in [0, 0.1) is 0 Å². The number of nitrogens with zero attached hydrogens (tertiary/aromatic N) is 1. The zero-order valence-electron chi connectivity index (χ0n) is 10.2. The summed E-state index contributed by atoms with van der Waals surface area (Å²) in [5, 5.41) is 3.59. The van der Waals surface area contributed by atoms with Gasteiger partial charge < -0.3 is 10.2 Å². The molecule has 88 valence electrons. The highest BCUT2D eigenvalue weighted by Gasteiger charge is 2.22. The molecule has 1 saturated heterocycles. The summed E-state index contributed by atoms with van der Waals surface area (Å²) in [7, 11) is 0. The van der Waals surface area contributed by atoms with Crippen molar-refractivity contribution in [1.82, 2.24) is 10.2 Å². The van der Waals surface area contributed by atoms with Gasteiger partial charge in [-0.05, 0) is 64.6 Å². The Morgan fingerprint density at radius 3 is 2.80 bits per heavy atom. The van der Waals surface area contributed by atoms with Gasteiger partial charge in [0.25, 0.3) is 0 Å². The van der Waals surface area contributed by atoms with Gasteiger partial charge in [-0.2, -0.15) is 0 Å². The minimum Gasteiger partial charge on any atom is -0.314 e. The predicted octanol–water partition coefficient (Wildman–Crippen LogP) is 2.39. The summed E-state index contributed by atoms with van der Waals surface area (Å²) in [6.45, 7) is 6.27. The molecule has 1 aliphatic carbocycles. The van der Waals surface area contributed by atoms with Crippen molar-refractivity contribution in [2.24, 2.45) is 0 Å². The molecule has 1 heterocycles. The Hall–Kier alpha value is -0.0800. The standard InChI is InChI=1S/C13H26N2/c1-2-13-6-5-11-15(13)10-4-3-9-14-12-7-8-12/h12-14H,2-11H2,1H3. The molecule has 0 amide bonds. The van der Waals surface area contributed by atoms with Crippen LogP contribution in [0.3, 0.4) is 0 Å². The number of hydrogen-bond acceptors (Lipinski definition) is 2. The molecule has 0 bridgehead atoms. The molecule has 0 aromatic carbocycles. The average Bonchev–Trinajstić information content (AvgIpc) is 2.96. The van der Waals surface area contributed by atoms with Crippen LogP contribution in [0.2, 0.25) is 0 Å². The minimum absolute atomic E-state index is 0.889. The zero-order chi connectivity index (χ0) is 10.5. The van der Waals surface area contributed by atoms with Gasteiger partial charge >= 0.3 is 0 Å². The fraction of sp³-hybridized carbons (Fsp3) is 1.00. The van der Waals surface area contributed by atoms with Gasteiger partial charge in [0.05, 0.1) is 0 Å². The molecule has 2 heteroatoms. The summed E-state index contributed by atoms with van der Waals surface area (Å²) in [5.41, 5.74) is 0. The molecule has 1 unspecified atom stereocenters. The Morgan fingerprint density at radius 1 is 1.20 bits per heavy atom. The van der Waals surface area contributed by atoms with Crippen molar-refractivity contribution in [3.05, 3.63) is 0 Å². The molecule has 1 aliphatic heterocycles. The molecule has 2 aliphatic rings. The maximum absolute atomic E-state index is 3.59. The molecular formula is C13H26N2. The van der Waals surface area contributed by atoms with E-state index >= 15 is 0 Å². The summed E-state index contributed by atoms with van der Waals surface area (Å²) in [6.07, 6.45) is 9.81. The monoisotopic (exact) mass is 210 g/mol. The molecule has 0 spiro atoms. The highest BCUT2D eigenvalue weighted by atomic mass is 15.2. The van der Waals surface area contributed by atoms with Gasteiger partial charge in [-0.1, -0.05) is 6.92 Å². The number of likely N-dealkylation sites (tertiary alicyclic amines) is 1. The average molecular weight is 210 g/mol. The van der Waals surface area contributed by atoms with Crippen molar-refractivity contribution in [2.45, 2.75) is 64.0 Å². The van der Waals surface area contributed by atoms with Crippen LogP contribution in [0.25, 0.3) is 0 Å². The maximum atomic E-state index is 3.59. The van der Waals surface area contributed by atoms with Crippen molar-refractivity contribution in [3.63, 3.8) is 0 Å². The Morgan fingerprint density at radius 2 is 2.07 bits per heavy atom. The third-order valence-corrected chi connectivity index (χ3v) is 3.85.